The van der Waals surface area contributed by atoms with Gasteiger partial charge >= 0.3 is 0 Å². The number of ketones is 1. The number of piperidine rings is 3. The number of rotatable bonds is 12. The molecule has 1 saturated carbocycles. The predicted molar refractivity (Wildman–Crippen MR) is 246 cm³/mol. The lowest BCUT2D eigenvalue weighted by Crippen LogP contribution is -2.54. The van der Waals surface area contributed by atoms with Crippen LogP contribution in [0.5, 0.6) is 11.5 Å². The maximum absolute atomic E-state index is 13.9. The maximum Gasteiger partial charge on any atom is 0.262 e. The van der Waals surface area contributed by atoms with E-state index in [4.69, 9.17) is 16.3 Å². The number of nitrogens with zero attached hydrogens (tertiary/aromatic N) is 5. The average molecular weight is 898 g/mol. The molecule has 3 aromatic carbocycles. The summed E-state index contributed by atoms with van der Waals surface area (Å²) in [6, 6.07) is 20.1. The van der Waals surface area contributed by atoms with E-state index >= 15 is 0 Å². The molecule has 3 saturated heterocycles. The normalized spacial score (nSPS) is 22.3. The van der Waals surface area contributed by atoms with E-state index in [1.54, 1.807) is 36.5 Å². The van der Waals surface area contributed by atoms with E-state index in [2.05, 4.69) is 40.7 Å². The standard InChI is InChI=1S/C49H52ClN9O6/c50-40-25-35(65-34-4-2-1-3-5-34)11-13-37(40)44(61)39-26-51-45-43(39)46(53-28-52-45)55-31-8-6-30(7-9-31)54-32-18-20-57(21-19-32)27-29-16-22-58(23-17-29)33-10-12-36-38(24-33)49(64)59(48(36)63)41-14-15-42(60)56-47(41)62/h1-5,10-13,24-26,28-32,41,54H,6-9,14-23,27H2,(H,56,60,62)(H2,51,52,53,55). The Hall–Kier alpha value is -6.16. The summed E-state index contributed by atoms with van der Waals surface area (Å²) < 4.78 is 5.92. The number of likely N-dealkylation sites (tertiary alicyclic amines) is 1. The molecule has 1 aliphatic carbocycles. The Labute approximate surface area is 381 Å². The molecular formula is C49H52ClN9O6. The zero-order valence-electron chi connectivity index (χ0n) is 36.1. The Morgan fingerprint density at radius 1 is 0.754 bits per heavy atom. The minimum absolute atomic E-state index is 0.0979. The molecule has 4 amide bonds. The van der Waals surface area contributed by atoms with Gasteiger partial charge < -0.3 is 30.2 Å². The summed E-state index contributed by atoms with van der Waals surface area (Å²) in [4.78, 5) is 82.7. The molecule has 0 spiro atoms. The molecule has 2 aromatic heterocycles. The van der Waals surface area contributed by atoms with Gasteiger partial charge in [-0.25, -0.2) is 9.97 Å². The van der Waals surface area contributed by atoms with Gasteiger partial charge in [0, 0.05) is 67.7 Å². The molecular weight excluding hydrogens is 846 g/mol. The molecule has 4 fully saturated rings. The molecule has 16 heteroatoms. The van der Waals surface area contributed by atoms with Crippen molar-refractivity contribution in [2.75, 3.05) is 42.9 Å². The number of hydrogen-bond acceptors (Lipinski definition) is 12. The van der Waals surface area contributed by atoms with Gasteiger partial charge in [-0.15, -0.1) is 0 Å². The first-order chi connectivity index (χ1) is 31.6. The smallest absolute Gasteiger partial charge is 0.262 e. The molecule has 10 rings (SSSR count). The first-order valence-corrected chi connectivity index (χ1v) is 23.3. The molecule has 65 heavy (non-hydrogen) atoms. The highest BCUT2D eigenvalue weighted by molar-refractivity contribution is 6.36. The van der Waals surface area contributed by atoms with Crippen LogP contribution in [-0.2, 0) is 9.59 Å². The third kappa shape index (κ3) is 8.96. The van der Waals surface area contributed by atoms with Crippen molar-refractivity contribution in [3.63, 3.8) is 0 Å². The van der Waals surface area contributed by atoms with Crippen LogP contribution in [0.25, 0.3) is 11.0 Å². The first kappa shape index (κ1) is 42.8. The van der Waals surface area contributed by atoms with E-state index < -0.39 is 23.8 Å². The number of benzene rings is 3. The van der Waals surface area contributed by atoms with Crippen LogP contribution in [-0.4, -0.2) is 111 Å². The average Bonchev–Trinajstić information content (AvgIpc) is 3.86. The van der Waals surface area contributed by atoms with Crippen LogP contribution >= 0.6 is 11.6 Å². The number of fused-ring (bicyclic) bond motifs is 2. The topological polar surface area (TPSA) is 182 Å². The lowest BCUT2D eigenvalue weighted by Gasteiger charge is -2.40. The molecule has 5 aliphatic rings. The second-order valence-corrected chi connectivity index (χ2v) is 18.5. The van der Waals surface area contributed by atoms with E-state index in [1.165, 1.54) is 6.33 Å². The zero-order valence-corrected chi connectivity index (χ0v) is 36.8. The number of aromatic nitrogens is 3. The number of para-hydroxylation sites is 1. The minimum atomic E-state index is -0.965. The van der Waals surface area contributed by atoms with Crippen LogP contribution in [0.2, 0.25) is 5.02 Å². The van der Waals surface area contributed by atoms with Crippen molar-refractivity contribution in [2.24, 2.45) is 5.92 Å². The summed E-state index contributed by atoms with van der Waals surface area (Å²) in [5.74, 6) is 0.319. The molecule has 0 radical (unpaired) electrons. The first-order valence-electron chi connectivity index (χ1n) is 22.9. The number of ether oxygens (including phenoxy) is 1. The third-order valence-corrected chi connectivity index (χ3v) is 14.2. The van der Waals surface area contributed by atoms with Crippen LogP contribution in [0.3, 0.4) is 0 Å². The highest BCUT2D eigenvalue weighted by atomic mass is 35.5. The lowest BCUT2D eigenvalue weighted by atomic mass is 9.89. The molecule has 0 bridgehead atoms. The van der Waals surface area contributed by atoms with Gasteiger partial charge in [0.05, 0.1) is 27.1 Å². The molecule has 5 aromatic rings. The number of anilines is 2. The van der Waals surface area contributed by atoms with E-state index in [-0.39, 0.29) is 30.6 Å². The largest absolute Gasteiger partial charge is 0.457 e. The van der Waals surface area contributed by atoms with Gasteiger partial charge in [0.1, 0.15) is 35.3 Å². The van der Waals surface area contributed by atoms with E-state index in [9.17, 15) is 24.0 Å². The van der Waals surface area contributed by atoms with Crippen molar-refractivity contribution in [1.29, 1.82) is 0 Å². The number of carbonyl (C=O) groups is 5. The lowest BCUT2D eigenvalue weighted by molar-refractivity contribution is -0.136. The Kier molecular flexibility index (Phi) is 12.1. The fraction of sp³-hybridized carbons (Fsp3) is 0.408. The van der Waals surface area contributed by atoms with E-state index in [1.807, 2.05) is 36.4 Å². The monoisotopic (exact) mass is 897 g/mol. The summed E-state index contributed by atoms with van der Waals surface area (Å²) in [7, 11) is 0. The summed E-state index contributed by atoms with van der Waals surface area (Å²) in [6.45, 7) is 5.00. The van der Waals surface area contributed by atoms with Crippen LogP contribution < -0.4 is 25.6 Å². The van der Waals surface area contributed by atoms with Gasteiger partial charge in [-0.05, 0) is 119 Å². The van der Waals surface area contributed by atoms with Gasteiger partial charge in [0.2, 0.25) is 11.8 Å². The Morgan fingerprint density at radius 2 is 1.49 bits per heavy atom. The minimum Gasteiger partial charge on any atom is -0.457 e. The quantitative estimate of drug-likeness (QED) is 0.0767. The van der Waals surface area contributed by atoms with Crippen molar-refractivity contribution >= 4 is 63.6 Å². The molecule has 4 N–H and O–H groups in total. The van der Waals surface area contributed by atoms with Gasteiger partial charge in [0.25, 0.3) is 11.8 Å². The summed E-state index contributed by atoms with van der Waals surface area (Å²) in [6.07, 6.45) is 11.9. The van der Waals surface area contributed by atoms with E-state index in [0.29, 0.717) is 73.6 Å². The van der Waals surface area contributed by atoms with Crippen molar-refractivity contribution in [2.45, 2.75) is 88.4 Å². The van der Waals surface area contributed by atoms with Crippen molar-refractivity contribution < 1.29 is 28.7 Å². The van der Waals surface area contributed by atoms with Gasteiger partial charge in [-0.1, -0.05) is 29.8 Å². The van der Waals surface area contributed by atoms with Crippen molar-refractivity contribution in [3.8, 4) is 11.5 Å². The second-order valence-electron chi connectivity index (χ2n) is 18.1. The Bertz CT molecular complexity index is 2630. The van der Waals surface area contributed by atoms with Crippen molar-refractivity contribution in [3.05, 3.63) is 107 Å². The SMILES string of the molecule is O=C1CCC(N2C(=O)c3ccc(N4CCC(CN5CCC(NC6CCC(Nc7ncnc8[nH]cc(C(=O)c9ccc(Oc%10ccccc%10)cc9Cl)c78)CC6)CC5)CC4)cc3C2=O)C(=O)N1. The summed E-state index contributed by atoms with van der Waals surface area (Å²) >= 11 is 6.65. The molecule has 1 atom stereocenters. The molecule has 6 heterocycles. The fourth-order valence-corrected chi connectivity index (χ4v) is 10.6. The second kappa shape index (κ2) is 18.4. The zero-order chi connectivity index (χ0) is 44.6. The number of H-pyrrole nitrogens is 1. The maximum atomic E-state index is 13.9. The van der Waals surface area contributed by atoms with Crippen molar-refractivity contribution in [1.82, 2.24) is 35.4 Å². The number of carbonyl (C=O) groups excluding carboxylic acids is 5. The number of nitrogens with one attached hydrogen (secondary N) is 4. The summed E-state index contributed by atoms with van der Waals surface area (Å²) in [5, 5.41) is 10.9. The number of halogens is 1. The summed E-state index contributed by atoms with van der Waals surface area (Å²) in [5.41, 5.74) is 2.98. The molecule has 15 nitrogen and oxygen atoms in total. The van der Waals surface area contributed by atoms with Gasteiger partial charge in [0.15, 0.2) is 5.78 Å². The van der Waals surface area contributed by atoms with Crippen LogP contribution in [0.1, 0.15) is 101 Å². The van der Waals surface area contributed by atoms with Gasteiger partial charge in [-0.2, -0.15) is 0 Å². The molecule has 1 unspecified atom stereocenters. The number of hydrogen-bond donors (Lipinski definition) is 4. The van der Waals surface area contributed by atoms with Crippen LogP contribution in [0.4, 0.5) is 11.5 Å². The van der Waals surface area contributed by atoms with Crippen LogP contribution in [0, 0.1) is 5.92 Å². The number of amides is 4. The highest BCUT2D eigenvalue weighted by Gasteiger charge is 2.45. The Morgan fingerprint density at radius 3 is 2.25 bits per heavy atom. The van der Waals surface area contributed by atoms with E-state index in [0.717, 1.165) is 94.7 Å². The third-order valence-electron chi connectivity index (χ3n) is 13.9. The highest BCUT2D eigenvalue weighted by Crippen LogP contribution is 2.35. The number of aromatic amines is 1. The predicted octanol–water partition coefficient (Wildman–Crippen LogP) is 6.73. The Balaban J connectivity index is 0.666. The van der Waals surface area contributed by atoms with Gasteiger partial charge in [-0.3, -0.25) is 34.2 Å². The fourth-order valence-electron chi connectivity index (χ4n) is 10.4. The van der Waals surface area contributed by atoms with Crippen LogP contribution in [0.15, 0.2) is 79.3 Å². The molecule has 336 valence electrons. The molecule has 4 aliphatic heterocycles. The number of imide groups is 2.